The maximum absolute atomic E-state index is 13.1. The molecule has 5 rings (SSSR count). The van der Waals surface area contributed by atoms with E-state index in [9.17, 15) is 19.5 Å². The molecular formula is C32H29N3O6. The summed E-state index contributed by atoms with van der Waals surface area (Å²) in [6.07, 6.45) is -0.231. The van der Waals surface area contributed by atoms with Gasteiger partial charge in [0.1, 0.15) is 6.61 Å². The highest BCUT2D eigenvalue weighted by Crippen LogP contribution is 2.44. The van der Waals surface area contributed by atoms with Gasteiger partial charge in [-0.2, -0.15) is 0 Å². The highest BCUT2D eigenvalue weighted by Gasteiger charge is 2.31. The van der Waals surface area contributed by atoms with Crippen molar-refractivity contribution < 1.29 is 29.0 Å². The highest BCUT2D eigenvalue weighted by atomic mass is 16.5. The highest BCUT2D eigenvalue weighted by molar-refractivity contribution is 6.02. The van der Waals surface area contributed by atoms with Gasteiger partial charge < -0.3 is 19.9 Å². The summed E-state index contributed by atoms with van der Waals surface area (Å²) < 4.78 is 11.3. The van der Waals surface area contributed by atoms with Gasteiger partial charge in [0.2, 0.25) is 0 Å². The fraction of sp³-hybridized carbons (Fsp3) is 0.188. The number of aromatic nitrogens is 1. The van der Waals surface area contributed by atoms with Gasteiger partial charge in [-0.15, -0.1) is 0 Å². The van der Waals surface area contributed by atoms with Crippen molar-refractivity contribution >= 4 is 23.7 Å². The van der Waals surface area contributed by atoms with E-state index in [0.29, 0.717) is 0 Å². The first kappa shape index (κ1) is 27.5. The standard InChI is InChI=1S/C32H29N3O6/c1-20(40-18-21-10-3-2-4-11-21)28(31(37)38)35-30(36)29-27(16-9-17-33-29)34-32(39)41-19-26-24-14-7-5-12-22(24)23-13-6-8-15-25(23)26/h2-17,20,26,28H,18-19H2,1H3,(H,34,39)(H,35,36)(H,37,38)/t20-,28+/m1/s1. The summed E-state index contributed by atoms with van der Waals surface area (Å²) in [6, 6.07) is 27.0. The zero-order valence-corrected chi connectivity index (χ0v) is 22.3. The number of fused-ring (bicyclic) bond motifs is 3. The monoisotopic (exact) mass is 551 g/mol. The van der Waals surface area contributed by atoms with Crippen LogP contribution in [0.5, 0.6) is 0 Å². The maximum atomic E-state index is 13.1. The molecule has 3 N–H and O–H groups in total. The Morgan fingerprint density at radius 2 is 1.51 bits per heavy atom. The topological polar surface area (TPSA) is 127 Å². The van der Waals surface area contributed by atoms with Gasteiger partial charge in [-0.3, -0.25) is 10.1 Å². The number of carboxylic acid groups (broad SMARTS) is 1. The summed E-state index contributed by atoms with van der Waals surface area (Å²) in [5, 5.41) is 14.8. The van der Waals surface area contributed by atoms with Crippen LogP contribution >= 0.6 is 0 Å². The molecule has 3 aromatic carbocycles. The first-order valence-corrected chi connectivity index (χ1v) is 13.2. The molecular weight excluding hydrogens is 522 g/mol. The number of hydrogen-bond donors (Lipinski definition) is 3. The normalized spacial score (nSPS) is 13.4. The summed E-state index contributed by atoms with van der Waals surface area (Å²) in [6.45, 7) is 1.84. The molecule has 0 fully saturated rings. The molecule has 4 aromatic rings. The average Bonchev–Trinajstić information content (AvgIpc) is 3.31. The second-order valence-corrected chi connectivity index (χ2v) is 9.64. The van der Waals surface area contributed by atoms with Crippen molar-refractivity contribution in [1.82, 2.24) is 10.3 Å². The van der Waals surface area contributed by atoms with Gasteiger partial charge in [-0.05, 0) is 46.9 Å². The summed E-state index contributed by atoms with van der Waals surface area (Å²) in [5.41, 5.74) is 5.18. The molecule has 0 saturated heterocycles. The molecule has 0 radical (unpaired) electrons. The summed E-state index contributed by atoms with van der Waals surface area (Å²) in [4.78, 5) is 42.0. The van der Waals surface area contributed by atoms with Gasteiger partial charge in [-0.25, -0.2) is 14.6 Å². The lowest BCUT2D eigenvalue weighted by Crippen LogP contribution is -2.49. The minimum absolute atomic E-state index is 0.0872. The molecule has 0 bridgehead atoms. The predicted molar refractivity (Wildman–Crippen MR) is 153 cm³/mol. The Morgan fingerprint density at radius 3 is 2.17 bits per heavy atom. The molecule has 9 nitrogen and oxygen atoms in total. The third kappa shape index (κ3) is 6.26. The van der Waals surface area contributed by atoms with E-state index in [4.69, 9.17) is 9.47 Å². The zero-order chi connectivity index (χ0) is 28.8. The van der Waals surface area contributed by atoms with Crippen LogP contribution in [0.25, 0.3) is 11.1 Å². The Kier molecular flexibility index (Phi) is 8.36. The van der Waals surface area contributed by atoms with Gasteiger partial charge in [0, 0.05) is 12.1 Å². The van der Waals surface area contributed by atoms with Crippen LogP contribution in [0.4, 0.5) is 10.5 Å². The van der Waals surface area contributed by atoms with Crippen molar-refractivity contribution in [3.05, 3.63) is 120 Å². The van der Waals surface area contributed by atoms with E-state index in [1.807, 2.05) is 78.9 Å². The maximum Gasteiger partial charge on any atom is 0.411 e. The van der Waals surface area contributed by atoms with Crippen LogP contribution in [0.1, 0.15) is 40.0 Å². The van der Waals surface area contributed by atoms with Crippen LogP contribution in [0.2, 0.25) is 0 Å². The first-order valence-electron chi connectivity index (χ1n) is 13.2. The number of carbonyl (C=O) groups is 3. The molecule has 1 aliphatic rings. The average molecular weight is 552 g/mol. The number of pyridine rings is 1. The number of anilines is 1. The molecule has 2 atom stereocenters. The van der Waals surface area contributed by atoms with Crippen molar-refractivity contribution in [1.29, 1.82) is 0 Å². The second kappa shape index (κ2) is 12.4. The smallest absolute Gasteiger partial charge is 0.411 e. The number of amides is 2. The van der Waals surface area contributed by atoms with E-state index in [1.54, 1.807) is 13.0 Å². The lowest BCUT2D eigenvalue weighted by Gasteiger charge is -2.22. The van der Waals surface area contributed by atoms with E-state index in [2.05, 4.69) is 15.6 Å². The Balaban J connectivity index is 1.23. The Morgan fingerprint density at radius 1 is 0.878 bits per heavy atom. The fourth-order valence-corrected chi connectivity index (χ4v) is 4.92. The first-order chi connectivity index (χ1) is 19.9. The summed E-state index contributed by atoms with van der Waals surface area (Å²) in [5.74, 6) is -2.17. The molecule has 1 aromatic heterocycles. The number of hydrogen-bond acceptors (Lipinski definition) is 6. The number of rotatable bonds is 10. The molecule has 2 amide bonds. The number of ether oxygens (including phenoxy) is 2. The number of nitrogens with one attached hydrogen (secondary N) is 2. The summed E-state index contributed by atoms with van der Waals surface area (Å²) >= 11 is 0. The van der Waals surface area contributed by atoms with Crippen molar-refractivity contribution in [3.8, 4) is 11.1 Å². The zero-order valence-electron chi connectivity index (χ0n) is 22.3. The van der Waals surface area contributed by atoms with Crippen molar-refractivity contribution in [2.24, 2.45) is 0 Å². The van der Waals surface area contributed by atoms with Gasteiger partial charge in [0.05, 0.1) is 18.4 Å². The van der Waals surface area contributed by atoms with E-state index in [-0.39, 0.29) is 30.5 Å². The molecule has 9 heteroatoms. The van der Waals surface area contributed by atoms with Crippen LogP contribution in [0.15, 0.2) is 97.2 Å². The lowest BCUT2D eigenvalue weighted by atomic mass is 9.98. The van der Waals surface area contributed by atoms with Crippen LogP contribution in [0.3, 0.4) is 0 Å². The number of benzene rings is 3. The van der Waals surface area contributed by atoms with Crippen molar-refractivity contribution in [2.45, 2.75) is 31.6 Å². The Bertz CT molecular complexity index is 1510. The number of carbonyl (C=O) groups excluding carboxylic acids is 2. The molecule has 0 aliphatic heterocycles. The van der Waals surface area contributed by atoms with Crippen LogP contribution in [0, 0.1) is 0 Å². The summed E-state index contributed by atoms with van der Waals surface area (Å²) in [7, 11) is 0. The van der Waals surface area contributed by atoms with Gasteiger partial charge in [0.15, 0.2) is 11.7 Å². The third-order valence-corrected chi connectivity index (χ3v) is 6.98. The van der Waals surface area contributed by atoms with Crippen LogP contribution < -0.4 is 10.6 Å². The number of carboxylic acids is 1. The molecule has 41 heavy (non-hydrogen) atoms. The molecule has 1 heterocycles. The van der Waals surface area contributed by atoms with Gasteiger partial charge in [-0.1, -0.05) is 78.9 Å². The second-order valence-electron chi connectivity index (χ2n) is 9.64. The van der Waals surface area contributed by atoms with E-state index in [0.717, 1.165) is 27.8 Å². The quantitative estimate of drug-likeness (QED) is 0.246. The minimum Gasteiger partial charge on any atom is -0.480 e. The van der Waals surface area contributed by atoms with Gasteiger partial charge >= 0.3 is 12.1 Å². The molecule has 1 aliphatic carbocycles. The molecule has 0 spiro atoms. The SMILES string of the molecule is C[C@@H](OCc1ccccc1)[C@H](NC(=O)c1ncccc1NC(=O)OCC1c2ccccc2-c2ccccc21)C(=O)O. The number of aliphatic carboxylic acids is 1. The molecule has 208 valence electrons. The fourth-order valence-electron chi connectivity index (χ4n) is 4.92. The van der Waals surface area contributed by atoms with E-state index >= 15 is 0 Å². The Hall–Kier alpha value is -5.02. The van der Waals surface area contributed by atoms with Crippen LogP contribution in [-0.2, 0) is 20.9 Å². The molecule has 0 unspecified atom stereocenters. The van der Waals surface area contributed by atoms with Gasteiger partial charge in [0.25, 0.3) is 5.91 Å². The molecule has 0 saturated carbocycles. The predicted octanol–water partition coefficient (Wildman–Crippen LogP) is 5.23. The van der Waals surface area contributed by atoms with Crippen molar-refractivity contribution in [3.63, 3.8) is 0 Å². The minimum atomic E-state index is -1.35. The van der Waals surface area contributed by atoms with E-state index < -0.39 is 30.1 Å². The lowest BCUT2D eigenvalue weighted by molar-refractivity contribution is -0.143. The number of nitrogens with zero attached hydrogens (tertiary/aromatic N) is 1. The Labute approximate surface area is 237 Å². The third-order valence-electron chi connectivity index (χ3n) is 6.98. The largest absolute Gasteiger partial charge is 0.480 e. The van der Waals surface area contributed by atoms with Crippen molar-refractivity contribution in [2.75, 3.05) is 11.9 Å². The van der Waals surface area contributed by atoms with Crippen LogP contribution in [-0.4, -0.2) is 46.8 Å². The van der Waals surface area contributed by atoms with E-state index in [1.165, 1.54) is 12.3 Å².